The third-order valence-electron chi connectivity index (χ3n) is 5.53. The average molecular weight is 275 g/mol. The molecule has 2 bridgehead atoms. The van der Waals surface area contributed by atoms with Crippen LogP contribution in [0.3, 0.4) is 0 Å². The number of hydrogen-bond acceptors (Lipinski definition) is 4. The summed E-state index contributed by atoms with van der Waals surface area (Å²) in [6.45, 7) is 6.84. The smallest absolute Gasteiger partial charge is 0.311 e. The molecule has 0 amide bonds. The van der Waals surface area contributed by atoms with Gasteiger partial charge in [0.2, 0.25) is 5.82 Å². The molecule has 3 rings (SSSR count). The Kier molecular flexibility index (Phi) is 2.78. The predicted molar refractivity (Wildman–Crippen MR) is 77.5 cm³/mol. The molecule has 0 saturated heterocycles. The Morgan fingerprint density at radius 3 is 2.80 bits per heavy atom. The third kappa shape index (κ3) is 1.79. The van der Waals surface area contributed by atoms with E-state index in [1.165, 1.54) is 25.3 Å². The number of anilines is 1. The van der Waals surface area contributed by atoms with E-state index in [-0.39, 0.29) is 27.5 Å². The van der Waals surface area contributed by atoms with Crippen molar-refractivity contribution in [1.82, 2.24) is 4.98 Å². The van der Waals surface area contributed by atoms with Crippen molar-refractivity contribution in [3.05, 3.63) is 28.4 Å². The van der Waals surface area contributed by atoms with Crippen molar-refractivity contribution in [3.63, 3.8) is 0 Å². The lowest BCUT2D eigenvalue weighted by molar-refractivity contribution is -0.384. The molecule has 2 aliphatic rings. The largest absolute Gasteiger partial charge is 0.361 e. The zero-order valence-electron chi connectivity index (χ0n) is 12.2. The molecule has 2 fully saturated rings. The summed E-state index contributed by atoms with van der Waals surface area (Å²) in [7, 11) is 0. The van der Waals surface area contributed by atoms with Crippen molar-refractivity contribution in [2.24, 2.45) is 16.7 Å². The monoisotopic (exact) mass is 275 g/mol. The molecule has 0 spiro atoms. The summed E-state index contributed by atoms with van der Waals surface area (Å²) in [5.41, 5.74) is 0.437. The van der Waals surface area contributed by atoms with Crippen LogP contribution in [-0.4, -0.2) is 15.9 Å². The highest BCUT2D eigenvalue weighted by atomic mass is 16.6. The second kappa shape index (κ2) is 4.17. The van der Waals surface area contributed by atoms with Crippen LogP contribution in [0.5, 0.6) is 0 Å². The first-order valence-corrected chi connectivity index (χ1v) is 7.20. The number of rotatable bonds is 3. The molecule has 0 aromatic carbocycles. The minimum Gasteiger partial charge on any atom is -0.361 e. The van der Waals surface area contributed by atoms with Crippen molar-refractivity contribution in [2.75, 3.05) is 5.32 Å². The van der Waals surface area contributed by atoms with Gasteiger partial charge in [-0.25, -0.2) is 4.98 Å². The predicted octanol–water partition coefficient (Wildman–Crippen LogP) is 3.62. The summed E-state index contributed by atoms with van der Waals surface area (Å²) >= 11 is 0. The van der Waals surface area contributed by atoms with Crippen molar-refractivity contribution >= 4 is 11.5 Å². The Labute approximate surface area is 118 Å². The van der Waals surface area contributed by atoms with Gasteiger partial charge in [-0.3, -0.25) is 10.1 Å². The Hall–Kier alpha value is -1.65. The van der Waals surface area contributed by atoms with E-state index in [1.54, 1.807) is 12.3 Å². The van der Waals surface area contributed by atoms with E-state index in [2.05, 4.69) is 31.1 Å². The van der Waals surface area contributed by atoms with Crippen LogP contribution in [-0.2, 0) is 0 Å². The third-order valence-corrected chi connectivity index (χ3v) is 5.53. The van der Waals surface area contributed by atoms with Crippen molar-refractivity contribution in [1.29, 1.82) is 0 Å². The molecule has 5 heteroatoms. The maximum atomic E-state index is 11.1. The van der Waals surface area contributed by atoms with E-state index < -0.39 is 0 Å². The zero-order valence-corrected chi connectivity index (χ0v) is 12.2. The van der Waals surface area contributed by atoms with Gasteiger partial charge in [0.1, 0.15) is 0 Å². The molecule has 1 aromatic heterocycles. The SMILES string of the molecule is CC12CCC(C1)C(C)(C)C2Nc1ncccc1[N+](=O)[O-]. The van der Waals surface area contributed by atoms with Crippen molar-refractivity contribution in [3.8, 4) is 0 Å². The topological polar surface area (TPSA) is 68.1 Å². The van der Waals surface area contributed by atoms with E-state index in [9.17, 15) is 10.1 Å². The molecule has 2 aliphatic carbocycles. The van der Waals surface area contributed by atoms with Gasteiger partial charge in [0.25, 0.3) is 0 Å². The van der Waals surface area contributed by atoms with Gasteiger partial charge >= 0.3 is 5.69 Å². The highest BCUT2D eigenvalue weighted by Crippen LogP contribution is 2.63. The van der Waals surface area contributed by atoms with Crippen LogP contribution < -0.4 is 5.32 Å². The van der Waals surface area contributed by atoms with Gasteiger partial charge in [0.15, 0.2) is 0 Å². The molecule has 0 radical (unpaired) electrons. The summed E-state index contributed by atoms with van der Waals surface area (Å²) in [6.07, 6.45) is 5.28. The van der Waals surface area contributed by atoms with Crippen LogP contribution in [0.2, 0.25) is 0 Å². The number of pyridine rings is 1. The van der Waals surface area contributed by atoms with Crippen LogP contribution in [0.1, 0.15) is 40.0 Å². The number of nitrogens with one attached hydrogen (secondary N) is 1. The van der Waals surface area contributed by atoms with E-state index in [0.29, 0.717) is 11.7 Å². The summed E-state index contributed by atoms with van der Waals surface area (Å²) in [4.78, 5) is 14.9. The van der Waals surface area contributed by atoms with Gasteiger partial charge in [-0.1, -0.05) is 20.8 Å². The second-order valence-corrected chi connectivity index (χ2v) is 7.12. The maximum Gasteiger partial charge on any atom is 0.311 e. The fraction of sp³-hybridized carbons (Fsp3) is 0.667. The highest BCUT2D eigenvalue weighted by molar-refractivity contribution is 5.56. The van der Waals surface area contributed by atoms with Crippen LogP contribution in [0.4, 0.5) is 11.5 Å². The van der Waals surface area contributed by atoms with Gasteiger partial charge in [-0.15, -0.1) is 0 Å². The normalized spacial score (nSPS) is 34.1. The lowest BCUT2D eigenvalue weighted by Gasteiger charge is -2.43. The lowest BCUT2D eigenvalue weighted by atomic mass is 9.68. The minimum absolute atomic E-state index is 0.0645. The number of aromatic nitrogens is 1. The molecule has 1 N–H and O–H groups in total. The van der Waals surface area contributed by atoms with E-state index in [4.69, 9.17) is 0 Å². The minimum atomic E-state index is -0.363. The maximum absolute atomic E-state index is 11.1. The van der Waals surface area contributed by atoms with E-state index in [0.717, 1.165) is 0 Å². The average Bonchev–Trinajstić information content (AvgIpc) is 2.86. The van der Waals surface area contributed by atoms with Crippen molar-refractivity contribution < 1.29 is 4.92 Å². The number of hydrogen-bond donors (Lipinski definition) is 1. The standard InChI is InChI=1S/C15H21N3O2/c1-14(2)10-6-7-15(3,9-10)13(14)17-12-11(18(19)20)5-4-8-16-12/h4-5,8,10,13H,6-7,9H2,1-3H3,(H,16,17). The van der Waals surface area contributed by atoms with Gasteiger partial charge < -0.3 is 5.32 Å². The van der Waals surface area contributed by atoms with Crippen LogP contribution >= 0.6 is 0 Å². The Balaban J connectivity index is 1.94. The molecule has 2 saturated carbocycles. The first-order chi connectivity index (χ1) is 9.34. The van der Waals surface area contributed by atoms with E-state index >= 15 is 0 Å². The van der Waals surface area contributed by atoms with Gasteiger partial charge in [-0.05, 0) is 42.1 Å². The summed E-state index contributed by atoms with van der Waals surface area (Å²) in [6, 6.07) is 3.36. The molecule has 0 aliphatic heterocycles. The van der Waals surface area contributed by atoms with Crippen LogP contribution in [0.25, 0.3) is 0 Å². The molecule has 3 unspecified atom stereocenters. The Bertz CT molecular complexity index is 553. The summed E-state index contributed by atoms with van der Waals surface area (Å²) in [5, 5.41) is 14.5. The number of nitro groups is 1. The second-order valence-electron chi connectivity index (χ2n) is 7.12. The van der Waals surface area contributed by atoms with Crippen LogP contribution in [0, 0.1) is 26.9 Å². The molecular formula is C15H21N3O2. The first kappa shape index (κ1) is 13.3. The number of nitrogens with zero attached hydrogens (tertiary/aromatic N) is 2. The summed E-state index contributed by atoms with van der Waals surface area (Å²) in [5.74, 6) is 1.11. The molecule has 20 heavy (non-hydrogen) atoms. The van der Waals surface area contributed by atoms with Gasteiger partial charge in [-0.2, -0.15) is 0 Å². The Morgan fingerprint density at radius 1 is 1.45 bits per heavy atom. The quantitative estimate of drug-likeness (QED) is 0.675. The lowest BCUT2D eigenvalue weighted by Crippen LogP contribution is -2.46. The van der Waals surface area contributed by atoms with Gasteiger partial charge in [0, 0.05) is 18.3 Å². The fourth-order valence-corrected chi connectivity index (χ4v) is 4.45. The first-order valence-electron chi connectivity index (χ1n) is 7.20. The number of fused-ring (bicyclic) bond motifs is 2. The molecule has 5 nitrogen and oxygen atoms in total. The molecule has 108 valence electrons. The fourth-order valence-electron chi connectivity index (χ4n) is 4.45. The molecule has 1 heterocycles. The Morgan fingerprint density at radius 2 is 2.20 bits per heavy atom. The highest BCUT2D eigenvalue weighted by Gasteiger charge is 2.59. The van der Waals surface area contributed by atoms with Gasteiger partial charge in [0.05, 0.1) is 4.92 Å². The molecule has 3 atom stereocenters. The molecular weight excluding hydrogens is 254 g/mol. The van der Waals surface area contributed by atoms with Crippen molar-refractivity contribution in [2.45, 2.75) is 46.1 Å². The van der Waals surface area contributed by atoms with Crippen LogP contribution in [0.15, 0.2) is 18.3 Å². The zero-order chi connectivity index (χ0) is 14.5. The summed E-state index contributed by atoms with van der Waals surface area (Å²) < 4.78 is 0. The molecule has 1 aromatic rings. The van der Waals surface area contributed by atoms with E-state index in [1.807, 2.05) is 0 Å².